The van der Waals surface area contributed by atoms with E-state index in [1.165, 1.54) is 5.01 Å². The number of nitrogens with zero attached hydrogens (tertiary/aromatic N) is 1. The fourth-order valence-electron chi connectivity index (χ4n) is 1.28. The molecule has 66 valence electrons. The molecule has 0 aromatic carbocycles. The number of carbonyl (C=O) groups is 1. The Labute approximate surface area is 71.5 Å². The Kier molecular flexibility index (Phi) is 2.19. The second-order valence-electron chi connectivity index (χ2n) is 2.90. The summed E-state index contributed by atoms with van der Waals surface area (Å²) < 4.78 is 0. The van der Waals surface area contributed by atoms with Gasteiger partial charge in [0, 0.05) is 13.5 Å². The zero-order valence-electron chi connectivity index (χ0n) is 7.13. The van der Waals surface area contributed by atoms with E-state index in [1.807, 2.05) is 0 Å². The van der Waals surface area contributed by atoms with Gasteiger partial charge in [0.1, 0.15) is 5.70 Å². The highest BCUT2D eigenvalue weighted by molar-refractivity contribution is 5.97. The maximum absolute atomic E-state index is 11.1. The molecule has 0 aliphatic heterocycles. The number of allylic oxidation sites excluding steroid dienone is 2. The zero-order chi connectivity index (χ0) is 9.30. The van der Waals surface area contributed by atoms with Gasteiger partial charge < -0.3 is 10.7 Å². The largest absolute Gasteiger partial charge is 0.394 e. The van der Waals surface area contributed by atoms with Gasteiger partial charge in [0.2, 0.25) is 0 Å². The summed E-state index contributed by atoms with van der Waals surface area (Å²) in [5.41, 5.74) is 7.20. The number of hydrogen-bond acceptors (Lipinski definition) is 4. The molecule has 4 heteroatoms. The van der Waals surface area contributed by atoms with Gasteiger partial charge in [-0.1, -0.05) is 6.58 Å². The summed E-state index contributed by atoms with van der Waals surface area (Å²) in [6.45, 7) is 3.79. The quantitative estimate of drug-likeness (QED) is 0.422. The maximum atomic E-state index is 11.1. The van der Waals surface area contributed by atoms with Crippen LogP contribution in [0.5, 0.6) is 0 Å². The van der Waals surface area contributed by atoms with Gasteiger partial charge in [-0.25, -0.2) is 5.84 Å². The van der Waals surface area contributed by atoms with Crippen molar-refractivity contribution in [3.05, 3.63) is 23.5 Å². The van der Waals surface area contributed by atoms with E-state index in [9.17, 15) is 4.79 Å². The van der Waals surface area contributed by atoms with Gasteiger partial charge in [-0.3, -0.25) is 4.79 Å². The molecule has 0 saturated heterocycles. The van der Waals surface area contributed by atoms with Crippen molar-refractivity contribution in [2.45, 2.75) is 12.8 Å². The van der Waals surface area contributed by atoms with E-state index in [-0.39, 0.29) is 11.5 Å². The number of Topliss-reactive ketones (excluding diaryl/α,β-unsaturated/α-hetero) is 1. The molecule has 12 heavy (non-hydrogen) atoms. The number of carbonyl (C=O) groups excluding carboxylic acids is 1. The molecule has 0 aromatic rings. The highest BCUT2D eigenvalue weighted by Crippen LogP contribution is 2.23. The number of nitrogens with two attached hydrogens (primary N) is 2. The second kappa shape index (κ2) is 2.98. The van der Waals surface area contributed by atoms with Gasteiger partial charge in [-0.15, -0.1) is 0 Å². The molecule has 1 aliphatic carbocycles. The van der Waals surface area contributed by atoms with Crippen LogP contribution in [0.2, 0.25) is 0 Å². The minimum Gasteiger partial charge on any atom is -0.394 e. The van der Waals surface area contributed by atoms with Crippen LogP contribution in [-0.4, -0.2) is 17.8 Å². The van der Waals surface area contributed by atoms with Gasteiger partial charge in [0.25, 0.3) is 0 Å². The van der Waals surface area contributed by atoms with Crippen molar-refractivity contribution in [3.63, 3.8) is 0 Å². The lowest BCUT2D eigenvalue weighted by atomic mass is 9.96. The van der Waals surface area contributed by atoms with Crippen molar-refractivity contribution in [2.24, 2.45) is 11.6 Å². The average Bonchev–Trinajstić information content (AvgIpc) is 1.97. The molecule has 0 heterocycles. The lowest BCUT2D eigenvalue weighted by molar-refractivity contribution is -0.116. The fourth-order valence-corrected chi connectivity index (χ4v) is 1.28. The van der Waals surface area contributed by atoms with Crippen LogP contribution in [0.3, 0.4) is 0 Å². The predicted molar refractivity (Wildman–Crippen MR) is 46.5 cm³/mol. The van der Waals surface area contributed by atoms with Crippen LogP contribution in [-0.2, 0) is 4.79 Å². The Morgan fingerprint density at radius 1 is 1.50 bits per heavy atom. The van der Waals surface area contributed by atoms with Gasteiger partial charge in [-0.2, -0.15) is 0 Å². The normalized spacial score (nSPS) is 18.5. The van der Waals surface area contributed by atoms with E-state index in [0.29, 0.717) is 18.5 Å². The Hall–Kier alpha value is -1.29. The van der Waals surface area contributed by atoms with Crippen molar-refractivity contribution in [1.82, 2.24) is 5.01 Å². The van der Waals surface area contributed by atoms with E-state index in [0.717, 1.165) is 5.57 Å². The first-order valence-electron chi connectivity index (χ1n) is 3.73. The number of hydrogen-bond donors (Lipinski definition) is 2. The third kappa shape index (κ3) is 1.33. The van der Waals surface area contributed by atoms with Gasteiger partial charge in [0.05, 0.1) is 5.70 Å². The van der Waals surface area contributed by atoms with Crippen LogP contribution in [0, 0.1) is 0 Å². The fraction of sp³-hybridized carbons (Fsp3) is 0.375. The standard InChI is InChI=1S/C8H13N3O/c1-5-3-4-6(12)7(9)8(5)11(2)10/h1,3-4,9-10H2,2H3. The van der Waals surface area contributed by atoms with E-state index in [2.05, 4.69) is 6.58 Å². The molecule has 4 N–H and O–H groups in total. The topological polar surface area (TPSA) is 72.4 Å². The molecule has 4 nitrogen and oxygen atoms in total. The SMILES string of the molecule is C=C1CCC(=O)C(N)=C1N(C)N. The zero-order valence-corrected chi connectivity index (χ0v) is 7.13. The molecule has 0 radical (unpaired) electrons. The van der Waals surface area contributed by atoms with Crippen molar-refractivity contribution >= 4 is 5.78 Å². The van der Waals surface area contributed by atoms with Crippen LogP contribution in [0.1, 0.15) is 12.8 Å². The Morgan fingerprint density at radius 2 is 2.08 bits per heavy atom. The van der Waals surface area contributed by atoms with Crippen LogP contribution in [0.25, 0.3) is 0 Å². The summed E-state index contributed by atoms with van der Waals surface area (Å²) in [4.78, 5) is 11.1. The third-order valence-corrected chi connectivity index (χ3v) is 1.90. The average molecular weight is 167 g/mol. The minimum absolute atomic E-state index is 0.0466. The summed E-state index contributed by atoms with van der Waals surface area (Å²) in [6.07, 6.45) is 1.10. The molecule has 0 aromatic heterocycles. The van der Waals surface area contributed by atoms with Crippen molar-refractivity contribution in [2.75, 3.05) is 7.05 Å². The van der Waals surface area contributed by atoms with Crippen molar-refractivity contribution in [3.8, 4) is 0 Å². The van der Waals surface area contributed by atoms with Crippen LogP contribution in [0.15, 0.2) is 23.5 Å². The number of hydrazine groups is 1. The van der Waals surface area contributed by atoms with E-state index in [4.69, 9.17) is 11.6 Å². The Morgan fingerprint density at radius 3 is 2.50 bits per heavy atom. The molecule has 0 bridgehead atoms. The summed E-state index contributed by atoms with van der Waals surface area (Å²) in [5.74, 6) is 5.45. The minimum atomic E-state index is -0.0466. The van der Waals surface area contributed by atoms with E-state index >= 15 is 0 Å². The highest BCUT2D eigenvalue weighted by atomic mass is 16.1. The summed E-state index contributed by atoms with van der Waals surface area (Å²) in [7, 11) is 1.64. The number of ketones is 1. The molecule has 0 saturated carbocycles. The van der Waals surface area contributed by atoms with Gasteiger partial charge >= 0.3 is 0 Å². The molecular formula is C8H13N3O. The first kappa shape index (κ1) is 8.80. The number of likely N-dealkylation sites (N-methyl/N-ethyl adjacent to an activating group) is 1. The Bertz CT molecular complexity index is 265. The van der Waals surface area contributed by atoms with Gasteiger partial charge in [-0.05, 0) is 12.0 Å². The lowest BCUT2D eigenvalue weighted by Gasteiger charge is -2.24. The molecule has 0 atom stereocenters. The molecule has 1 rings (SSSR count). The van der Waals surface area contributed by atoms with Crippen LogP contribution in [0.4, 0.5) is 0 Å². The summed E-state index contributed by atoms with van der Waals surface area (Å²) in [6, 6.07) is 0. The first-order valence-corrected chi connectivity index (χ1v) is 3.73. The Balaban J connectivity index is 3.10. The van der Waals surface area contributed by atoms with Crippen molar-refractivity contribution in [1.29, 1.82) is 0 Å². The maximum Gasteiger partial charge on any atom is 0.180 e. The van der Waals surface area contributed by atoms with Crippen LogP contribution >= 0.6 is 0 Å². The molecular weight excluding hydrogens is 154 g/mol. The van der Waals surface area contributed by atoms with E-state index in [1.54, 1.807) is 7.05 Å². The monoisotopic (exact) mass is 167 g/mol. The van der Waals surface area contributed by atoms with Gasteiger partial charge in [0.15, 0.2) is 5.78 Å². The third-order valence-electron chi connectivity index (χ3n) is 1.90. The van der Waals surface area contributed by atoms with E-state index < -0.39 is 0 Å². The van der Waals surface area contributed by atoms with Crippen LogP contribution < -0.4 is 11.6 Å². The van der Waals surface area contributed by atoms with Crippen molar-refractivity contribution < 1.29 is 4.79 Å². The molecule has 0 spiro atoms. The smallest absolute Gasteiger partial charge is 0.180 e. The second-order valence-corrected chi connectivity index (χ2v) is 2.90. The molecule has 0 unspecified atom stereocenters. The summed E-state index contributed by atoms with van der Waals surface area (Å²) >= 11 is 0. The highest BCUT2D eigenvalue weighted by Gasteiger charge is 2.22. The molecule has 1 aliphatic rings. The summed E-state index contributed by atoms with van der Waals surface area (Å²) in [5, 5.41) is 1.34. The lowest BCUT2D eigenvalue weighted by Crippen LogP contribution is -2.33. The first-order chi connectivity index (χ1) is 5.54. The molecule has 0 fully saturated rings. The molecule has 0 amide bonds. The predicted octanol–water partition coefficient (Wildman–Crippen LogP) is -0.119. The number of rotatable bonds is 1.